The quantitative estimate of drug-likeness (QED) is 0.618. The molecule has 1 aromatic heterocycles. The van der Waals surface area contributed by atoms with Gasteiger partial charge in [0.25, 0.3) is 0 Å². The summed E-state index contributed by atoms with van der Waals surface area (Å²) < 4.78 is 11.1. The topological polar surface area (TPSA) is 51.7 Å². The maximum Gasteiger partial charge on any atom is 0.314 e. The summed E-state index contributed by atoms with van der Waals surface area (Å²) in [4.78, 5) is 18.8. The molecule has 1 saturated heterocycles. The number of nitrogens with zero attached hydrogens (tertiary/aromatic N) is 2. The van der Waals surface area contributed by atoms with Crippen molar-refractivity contribution in [3.63, 3.8) is 0 Å². The number of rotatable bonds is 4. The minimum atomic E-state index is -0.408. The van der Waals surface area contributed by atoms with Crippen molar-refractivity contribution in [3.05, 3.63) is 22.8 Å². The summed E-state index contributed by atoms with van der Waals surface area (Å²) in [5.41, 5.74) is -0.408. The van der Waals surface area contributed by atoms with Gasteiger partial charge in [0.05, 0.1) is 25.2 Å². The lowest BCUT2D eigenvalue weighted by atomic mass is 9.96. The molecule has 0 bridgehead atoms. The normalized spacial score (nSPS) is 31.1. The highest BCUT2D eigenvalue weighted by atomic mass is 79.9. The molecular formula is C14H17BrN2O3. The van der Waals surface area contributed by atoms with Crippen LogP contribution in [-0.4, -0.2) is 44.4 Å². The average molecular weight is 341 g/mol. The molecular weight excluding hydrogens is 324 g/mol. The maximum atomic E-state index is 12.2. The molecule has 5 nitrogen and oxygen atoms in total. The van der Waals surface area contributed by atoms with Gasteiger partial charge in [0.15, 0.2) is 0 Å². The largest absolute Gasteiger partial charge is 0.469 e. The summed E-state index contributed by atoms with van der Waals surface area (Å²) in [5.74, 6) is 1.09. The number of piperidine rings is 1. The molecule has 3 rings (SSSR count). The van der Waals surface area contributed by atoms with Crippen molar-refractivity contribution in [1.82, 2.24) is 4.98 Å². The summed E-state index contributed by atoms with van der Waals surface area (Å²) in [6.07, 6.45) is 0.887. The van der Waals surface area contributed by atoms with E-state index >= 15 is 0 Å². The van der Waals surface area contributed by atoms with E-state index < -0.39 is 5.41 Å². The first-order chi connectivity index (χ1) is 9.63. The fourth-order valence-corrected chi connectivity index (χ4v) is 3.74. The van der Waals surface area contributed by atoms with Crippen LogP contribution in [0.25, 0.3) is 0 Å². The fraction of sp³-hybridized carbons (Fsp3) is 0.571. The molecule has 0 unspecified atom stereocenters. The first-order valence-corrected chi connectivity index (χ1v) is 7.39. The third-order valence-electron chi connectivity index (χ3n) is 4.43. The first kappa shape index (κ1) is 13.8. The Balaban J connectivity index is 1.92. The Morgan fingerprint density at radius 2 is 2.35 bits per heavy atom. The van der Waals surface area contributed by atoms with Crippen LogP contribution in [0.1, 0.15) is 6.42 Å². The number of ether oxygens (including phenoxy) is 2. The second kappa shape index (κ2) is 5.00. The lowest BCUT2D eigenvalue weighted by Gasteiger charge is -2.31. The van der Waals surface area contributed by atoms with Crippen LogP contribution in [0.15, 0.2) is 22.8 Å². The van der Waals surface area contributed by atoms with Crippen molar-refractivity contribution < 1.29 is 14.3 Å². The van der Waals surface area contributed by atoms with E-state index in [1.54, 1.807) is 7.11 Å². The molecule has 0 radical (unpaired) electrons. The molecule has 3 atom stereocenters. The van der Waals surface area contributed by atoms with Crippen LogP contribution in [-0.2, 0) is 14.3 Å². The van der Waals surface area contributed by atoms with Gasteiger partial charge in [0, 0.05) is 13.7 Å². The summed E-state index contributed by atoms with van der Waals surface area (Å²) in [6, 6.07) is 5.79. The lowest BCUT2D eigenvalue weighted by molar-refractivity contribution is -0.148. The molecule has 0 N–H and O–H groups in total. The van der Waals surface area contributed by atoms with Crippen molar-refractivity contribution in [2.75, 3.05) is 32.3 Å². The SMILES string of the molecule is COC[C@H]1N(c2cccc(Br)n2)C[C@@H]2C[C@@]21C(=O)OC. The molecule has 108 valence electrons. The van der Waals surface area contributed by atoms with E-state index in [0.29, 0.717) is 12.5 Å². The van der Waals surface area contributed by atoms with Crippen LogP contribution in [0.3, 0.4) is 0 Å². The van der Waals surface area contributed by atoms with Gasteiger partial charge < -0.3 is 14.4 Å². The van der Waals surface area contributed by atoms with Gasteiger partial charge in [-0.15, -0.1) is 0 Å². The van der Waals surface area contributed by atoms with E-state index in [0.717, 1.165) is 23.4 Å². The smallest absolute Gasteiger partial charge is 0.314 e. The van der Waals surface area contributed by atoms with E-state index in [-0.39, 0.29) is 12.0 Å². The number of hydrogen-bond acceptors (Lipinski definition) is 5. The van der Waals surface area contributed by atoms with Gasteiger partial charge in [-0.05, 0) is 40.4 Å². The molecule has 20 heavy (non-hydrogen) atoms. The molecule has 1 aliphatic heterocycles. The van der Waals surface area contributed by atoms with E-state index in [4.69, 9.17) is 9.47 Å². The summed E-state index contributed by atoms with van der Waals surface area (Å²) in [6.45, 7) is 1.33. The molecule has 6 heteroatoms. The minimum absolute atomic E-state index is 0.00764. The molecule has 2 heterocycles. The zero-order chi connectivity index (χ0) is 14.3. The predicted molar refractivity (Wildman–Crippen MR) is 77.5 cm³/mol. The number of carbonyl (C=O) groups excluding carboxylic acids is 1. The number of esters is 1. The van der Waals surface area contributed by atoms with Crippen molar-refractivity contribution in [2.24, 2.45) is 11.3 Å². The summed E-state index contributed by atoms with van der Waals surface area (Å²) in [5, 5.41) is 0. The fourth-order valence-electron chi connectivity index (χ4n) is 3.41. The lowest BCUT2D eigenvalue weighted by Crippen LogP contribution is -2.44. The Kier molecular flexibility index (Phi) is 3.46. The third-order valence-corrected chi connectivity index (χ3v) is 4.87. The third kappa shape index (κ3) is 1.93. The van der Waals surface area contributed by atoms with Gasteiger partial charge in [-0.2, -0.15) is 0 Å². The molecule has 1 saturated carbocycles. The van der Waals surface area contributed by atoms with Crippen molar-refractivity contribution >= 4 is 27.7 Å². The van der Waals surface area contributed by atoms with E-state index in [2.05, 4.69) is 25.8 Å². The molecule has 1 aliphatic carbocycles. The molecule has 2 fully saturated rings. The number of halogens is 1. The molecule has 1 aromatic rings. The Morgan fingerprint density at radius 1 is 1.55 bits per heavy atom. The summed E-state index contributed by atoms with van der Waals surface area (Å²) in [7, 11) is 3.11. The minimum Gasteiger partial charge on any atom is -0.469 e. The zero-order valence-corrected chi connectivity index (χ0v) is 13.1. The number of carbonyl (C=O) groups is 1. The van der Waals surface area contributed by atoms with Crippen LogP contribution in [0, 0.1) is 11.3 Å². The molecule has 2 aliphatic rings. The highest BCUT2D eigenvalue weighted by Crippen LogP contribution is 2.62. The van der Waals surface area contributed by atoms with Gasteiger partial charge in [0.1, 0.15) is 10.4 Å². The Hall–Kier alpha value is -1.14. The van der Waals surface area contributed by atoms with E-state index in [9.17, 15) is 4.79 Å². The predicted octanol–water partition coefficient (Wildman–Crippen LogP) is 1.86. The number of anilines is 1. The second-order valence-electron chi connectivity index (χ2n) is 5.38. The van der Waals surface area contributed by atoms with Crippen molar-refractivity contribution in [2.45, 2.75) is 12.5 Å². The molecule has 0 amide bonds. The summed E-state index contributed by atoms with van der Waals surface area (Å²) >= 11 is 3.39. The highest BCUT2D eigenvalue weighted by Gasteiger charge is 2.71. The van der Waals surface area contributed by atoms with E-state index in [1.165, 1.54) is 7.11 Å². The van der Waals surface area contributed by atoms with Gasteiger partial charge in [-0.25, -0.2) is 4.98 Å². The first-order valence-electron chi connectivity index (χ1n) is 6.60. The van der Waals surface area contributed by atoms with Gasteiger partial charge in [-0.1, -0.05) is 6.07 Å². The Morgan fingerprint density at radius 3 is 3.00 bits per heavy atom. The number of aromatic nitrogens is 1. The number of fused-ring (bicyclic) bond motifs is 1. The Bertz CT molecular complexity index is 539. The molecule has 0 aromatic carbocycles. The second-order valence-corrected chi connectivity index (χ2v) is 6.19. The van der Waals surface area contributed by atoms with Crippen molar-refractivity contribution in [3.8, 4) is 0 Å². The maximum absolute atomic E-state index is 12.2. The number of pyridine rings is 1. The van der Waals surface area contributed by atoms with Crippen molar-refractivity contribution in [1.29, 1.82) is 0 Å². The average Bonchev–Trinajstić information content (AvgIpc) is 3.09. The monoisotopic (exact) mass is 340 g/mol. The van der Waals surface area contributed by atoms with Crippen LogP contribution in [0.2, 0.25) is 0 Å². The zero-order valence-electron chi connectivity index (χ0n) is 11.5. The van der Waals surface area contributed by atoms with Gasteiger partial charge >= 0.3 is 5.97 Å². The standard InChI is InChI=1S/C14H17BrN2O3/c1-19-8-10-14(13(18)20-2)6-9(14)7-17(10)12-5-3-4-11(15)16-12/h3-5,9-10H,6-8H2,1-2H3/t9-,10+,14+/m0/s1. The highest BCUT2D eigenvalue weighted by molar-refractivity contribution is 9.10. The number of hydrogen-bond donors (Lipinski definition) is 0. The molecule has 0 spiro atoms. The van der Waals surface area contributed by atoms with Crippen LogP contribution >= 0.6 is 15.9 Å². The van der Waals surface area contributed by atoms with Gasteiger partial charge in [0.2, 0.25) is 0 Å². The van der Waals surface area contributed by atoms with Crippen LogP contribution in [0.4, 0.5) is 5.82 Å². The van der Waals surface area contributed by atoms with Gasteiger partial charge in [-0.3, -0.25) is 4.79 Å². The van der Waals surface area contributed by atoms with E-state index in [1.807, 2.05) is 18.2 Å². The van der Waals surface area contributed by atoms with Crippen LogP contribution in [0.5, 0.6) is 0 Å². The Labute approximate surface area is 126 Å². The number of methoxy groups -OCH3 is 2. The van der Waals surface area contributed by atoms with Crippen LogP contribution < -0.4 is 4.90 Å².